The number of thiocarbonyl (C=S) groups is 1. The van der Waals surface area contributed by atoms with Gasteiger partial charge in [0, 0.05) is 11.3 Å². The summed E-state index contributed by atoms with van der Waals surface area (Å²) in [4.78, 5) is 12.6. The van der Waals surface area contributed by atoms with Crippen molar-refractivity contribution < 1.29 is 17.9 Å². The molecule has 3 rings (SSSR count). The van der Waals surface area contributed by atoms with Crippen LogP contribution in [0.3, 0.4) is 0 Å². The molecule has 3 N–H and O–H groups in total. The van der Waals surface area contributed by atoms with Gasteiger partial charge in [-0.05, 0) is 92.6 Å². The quantitative estimate of drug-likeness (QED) is 0.199. The van der Waals surface area contributed by atoms with Crippen molar-refractivity contribution in [3.63, 3.8) is 0 Å². The molecule has 0 fully saturated rings. The largest absolute Gasteiger partial charge is 0.494 e. The van der Waals surface area contributed by atoms with E-state index in [-0.39, 0.29) is 15.9 Å². The number of unbranched alkanes of at least 4 members (excludes halogenated alkanes) is 3. The van der Waals surface area contributed by atoms with E-state index in [0.717, 1.165) is 29.7 Å². The molecule has 37 heavy (non-hydrogen) atoms. The van der Waals surface area contributed by atoms with Crippen molar-refractivity contribution in [1.82, 2.24) is 5.32 Å². The van der Waals surface area contributed by atoms with Crippen LogP contribution in [-0.2, 0) is 10.0 Å². The lowest BCUT2D eigenvalue weighted by Gasteiger charge is -2.13. The third kappa shape index (κ3) is 8.58. The fraction of sp³-hybridized carbons (Fsp3) is 0.286. The van der Waals surface area contributed by atoms with Crippen LogP contribution in [0.4, 0.5) is 11.4 Å². The zero-order chi connectivity index (χ0) is 26.8. The number of nitrogens with one attached hydrogen (secondary N) is 3. The minimum atomic E-state index is -3.75. The molecule has 0 saturated heterocycles. The summed E-state index contributed by atoms with van der Waals surface area (Å²) in [6, 6.07) is 18.5. The Morgan fingerprint density at radius 2 is 1.62 bits per heavy atom. The minimum Gasteiger partial charge on any atom is -0.494 e. The molecule has 0 saturated carbocycles. The van der Waals surface area contributed by atoms with Gasteiger partial charge in [-0.15, -0.1) is 0 Å². The molecule has 7 nitrogen and oxygen atoms in total. The number of ether oxygens (including phenoxy) is 1. The third-order valence-electron chi connectivity index (χ3n) is 5.66. The van der Waals surface area contributed by atoms with Gasteiger partial charge >= 0.3 is 0 Å². The van der Waals surface area contributed by atoms with Gasteiger partial charge in [-0.1, -0.05) is 43.9 Å². The SMILES string of the molecule is CCCCCCOc1ccc(C(=O)NC(=S)Nc2ccc(S(=O)(=O)Nc3ccc(C)cc3C)cc2)cc1. The molecule has 0 aliphatic carbocycles. The molecule has 196 valence electrons. The summed E-state index contributed by atoms with van der Waals surface area (Å²) in [6.45, 7) is 6.62. The topological polar surface area (TPSA) is 96.5 Å². The van der Waals surface area contributed by atoms with Gasteiger partial charge in [0.25, 0.3) is 15.9 Å². The van der Waals surface area contributed by atoms with Crippen molar-refractivity contribution in [2.75, 3.05) is 16.6 Å². The second-order valence-electron chi connectivity index (χ2n) is 8.79. The number of sulfonamides is 1. The summed E-state index contributed by atoms with van der Waals surface area (Å²) in [5.41, 5.74) is 3.41. The number of amides is 1. The van der Waals surface area contributed by atoms with E-state index in [1.807, 2.05) is 26.0 Å². The second-order valence-corrected chi connectivity index (χ2v) is 10.9. The summed E-state index contributed by atoms with van der Waals surface area (Å²) < 4.78 is 33.9. The smallest absolute Gasteiger partial charge is 0.261 e. The van der Waals surface area contributed by atoms with Gasteiger partial charge in [0.2, 0.25) is 0 Å². The molecule has 0 radical (unpaired) electrons. The van der Waals surface area contributed by atoms with Crippen LogP contribution in [0.2, 0.25) is 0 Å². The fourth-order valence-corrected chi connectivity index (χ4v) is 4.95. The highest BCUT2D eigenvalue weighted by atomic mass is 32.2. The number of hydrogen-bond acceptors (Lipinski definition) is 5. The average Bonchev–Trinajstić information content (AvgIpc) is 2.86. The van der Waals surface area contributed by atoms with Gasteiger partial charge in [-0.2, -0.15) is 0 Å². The molecule has 0 aliphatic heterocycles. The number of anilines is 2. The highest BCUT2D eigenvalue weighted by Gasteiger charge is 2.16. The molecule has 0 atom stereocenters. The predicted octanol–water partition coefficient (Wildman–Crippen LogP) is 6.19. The van der Waals surface area contributed by atoms with Crippen molar-refractivity contribution in [2.24, 2.45) is 0 Å². The van der Waals surface area contributed by atoms with Crippen molar-refractivity contribution in [2.45, 2.75) is 51.3 Å². The van der Waals surface area contributed by atoms with E-state index < -0.39 is 10.0 Å². The minimum absolute atomic E-state index is 0.102. The summed E-state index contributed by atoms with van der Waals surface area (Å²) in [7, 11) is -3.75. The van der Waals surface area contributed by atoms with E-state index in [4.69, 9.17) is 17.0 Å². The maximum Gasteiger partial charge on any atom is 0.261 e. The van der Waals surface area contributed by atoms with Crippen molar-refractivity contribution >= 4 is 44.6 Å². The Morgan fingerprint density at radius 3 is 2.27 bits per heavy atom. The monoisotopic (exact) mass is 539 g/mol. The number of rotatable bonds is 11. The van der Waals surface area contributed by atoms with E-state index in [1.165, 1.54) is 25.0 Å². The maximum absolute atomic E-state index is 12.8. The molecule has 0 unspecified atom stereocenters. The fourth-order valence-electron chi connectivity index (χ4n) is 3.61. The number of carbonyl (C=O) groups excluding carboxylic acids is 1. The molecule has 0 aromatic heterocycles. The molecule has 9 heteroatoms. The summed E-state index contributed by atoms with van der Waals surface area (Å²) in [6.07, 6.45) is 4.53. The van der Waals surface area contributed by atoms with Crippen LogP contribution in [0.15, 0.2) is 71.6 Å². The van der Waals surface area contributed by atoms with Gasteiger partial charge in [0.05, 0.1) is 17.2 Å². The first-order chi connectivity index (χ1) is 17.7. The first-order valence-corrected chi connectivity index (χ1v) is 14.1. The predicted molar refractivity (Wildman–Crippen MR) is 153 cm³/mol. The van der Waals surface area contributed by atoms with E-state index >= 15 is 0 Å². The molecule has 1 amide bonds. The Bertz CT molecular complexity index is 1320. The normalized spacial score (nSPS) is 11.0. The standard InChI is InChI=1S/C28H33N3O4S2/c1-4-5-6-7-18-35-24-13-9-22(10-14-24)27(32)30-28(36)29-23-11-15-25(16-12-23)37(33,34)31-26-17-8-20(2)19-21(26)3/h8-17,19,31H,4-7,18H2,1-3H3,(H2,29,30,32,36). The van der Waals surface area contributed by atoms with Gasteiger partial charge in [-0.25, -0.2) is 8.42 Å². The molecular formula is C28H33N3O4S2. The molecule has 0 spiro atoms. The lowest BCUT2D eigenvalue weighted by molar-refractivity contribution is 0.0977. The van der Waals surface area contributed by atoms with Crippen LogP contribution in [-0.4, -0.2) is 26.0 Å². The van der Waals surface area contributed by atoms with E-state index in [1.54, 1.807) is 42.5 Å². The maximum atomic E-state index is 12.8. The Kier molecular flexibility index (Phi) is 10.0. The Morgan fingerprint density at radius 1 is 0.919 bits per heavy atom. The van der Waals surface area contributed by atoms with Crippen LogP contribution in [0, 0.1) is 13.8 Å². The van der Waals surface area contributed by atoms with Gasteiger partial charge in [0.15, 0.2) is 5.11 Å². The average molecular weight is 540 g/mol. The molecule has 3 aromatic carbocycles. The highest BCUT2D eigenvalue weighted by molar-refractivity contribution is 7.92. The van der Waals surface area contributed by atoms with Gasteiger partial charge < -0.3 is 10.1 Å². The molecule has 0 bridgehead atoms. The number of hydrogen-bond donors (Lipinski definition) is 3. The zero-order valence-corrected chi connectivity index (χ0v) is 23.0. The molecule has 0 aliphatic rings. The lowest BCUT2D eigenvalue weighted by Crippen LogP contribution is -2.34. The van der Waals surface area contributed by atoms with E-state index in [2.05, 4.69) is 22.3 Å². The summed E-state index contributed by atoms with van der Waals surface area (Å²) in [5, 5.41) is 5.63. The summed E-state index contributed by atoms with van der Waals surface area (Å²) >= 11 is 5.25. The Labute approximate surface area is 224 Å². The van der Waals surface area contributed by atoms with Gasteiger partial charge in [-0.3, -0.25) is 14.8 Å². The highest BCUT2D eigenvalue weighted by Crippen LogP contribution is 2.22. The van der Waals surface area contributed by atoms with Crippen LogP contribution in [0.5, 0.6) is 5.75 Å². The molecule has 3 aromatic rings. The zero-order valence-electron chi connectivity index (χ0n) is 21.3. The first-order valence-electron chi connectivity index (χ1n) is 12.2. The van der Waals surface area contributed by atoms with Gasteiger partial charge in [0.1, 0.15) is 5.75 Å². The van der Waals surface area contributed by atoms with E-state index in [9.17, 15) is 13.2 Å². The van der Waals surface area contributed by atoms with Crippen LogP contribution in [0.25, 0.3) is 0 Å². The van der Waals surface area contributed by atoms with E-state index in [0.29, 0.717) is 23.5 Å². The van der Waals surface area contributed by atoms with Crippen LogP contribution >= 0.6 is 12.2 Å². The Balaban J connectivity index is 1.52. The van der Waals surface area contributed by atoms with Crippen LogP contribution in [0.1, 0.15) is 54.1 Å². The third-order valence-corrected chi connectivity index (χ3v) is 7.24. The van der Waals surface area contributed by atoms with Crippen LogP contribution < -0.4 is 20.1 Å². The van der Waals surface area contributed by atoms with Crippen molar-refractivity contribution in [3.05, 3.63) is 83.4 Å². The number of benzene rings is 3. The van der Waals surface area contributed by atoms with Crippen molar-refractivity contribution in [3.8, 4) is 5.75 Å². The Hall–Kier alpha value is -3.43. The number of carbonyl (C=O) groups is 1. The molecular weight excluding hydrogens is 506 g/mol. The van der Waals surface area contributed by atoms with Crippen molar-refractivity contribution in [1.29, 1.82) is 0 Å². The second kappa shape index (κ2) is 13.2. The summed E-state index contributed by atoms with van der Waals surface area (Å²) in [5.74, 6) is 0.361. The number of aryl methyl sites for hydroxylation is 2. The first kappa shape index (κ1) is 28.1. The molecule has 0 heterocycles. The lowest BCUT2D eigenvalue weighted by atomic mass is 10.1.